The van der Waals surface area contributed by atoms with Crippen LogP contribution in [0.4, 0.5) is 0 Å². The Morgan fingerprint density at radius 3 is 3.00 bits per heavy atom. The van der Waals surface area contributed by atoms with Crippen LogP contribution in [0.25, 0.3) is 0 Å². The van der Waals surface area contributed by atoms with E-state index in [1.54, 1.807) is 6.20 Å². The molecule has 2 N–H and O–H groups in total. The first-order valence-electron chi connectivity index (χ1n) is 5.51. The Kier molecular flexibility index (Phi) is 3.04. The lowest BCUT2D eigenvalue weighted by Crippen LogP contribution is -2.27. The van der Waals surface area contributed by atoms with E-state index in [4.69, 9.17) is 0 Å². The maximum atomic E-state index is 11.5. The Bertz CT molecular complexity index is 341. The number of H-pyrrole nitrogens is 1. The standard InChI is InChI=1S/C11H17N3O/c1-8-10(7-13-14-8)6-12-11(15)5-9-3-2-4-9/h7,9H,2-6H2,1H3,(H,12,15)(H,13,14). The molecule has 1 aromatic rings. The third-order valence-corrected chi connectivity index (χ3v) is 3.11. The van der Waals surface area contributed by atoms with E-state index in [1.165, 1.54) is 19.3 Å². The van der Waals surface area contributed by atoms with Gasteiger partial charge in [-0.2, -0.15) is 5.10 Å². The number of hydrogen-bond acceptors (Lipinski definition) is 2. The largest absolute Gasteiger partial charge is 0.352 e. The molecule has 1 aromatic heterocycles. The number of nitrogens with zero attached hydrogens (tertiary/aromatic N) is 1. The third kappa shape index (κ3) is 2.58. The second kappa shape index (κ2) is 4.47. The molecule has 1 aliphatic rings. The van der Waals surface area contributed by atoms with E-state index in [-0.39, 0.29) is 5.91 Å². The van der Waals surface area contributed by atoms with Crippen LogP contribution in [0.1, 0.15) is 36.9 Å². The van der Waals surface area contributed by atoms with Crippen molar-refractivity contribution in [3.63, 3.8) is 0 Å². The Morgan fingerprint density at radius 1 is 1.67 bits per heavy atom. The molecule has 1 saturated carbocycles. The van der Waals surface area contributed by atoms with E-state index in [0.29, 0.717) is 18.9 Å². The molecule has 0 spiro atoms. The predicted octanol–water partition coefficient (Wildman–Crippen LogP) is 1.52. The molecule has 0 aromatic carbocycles. The molecule has 82 valence electrons. The van der Waals surface area contributed by atoms with E-state index >= 15 is 0 Å². The summed E-state index contributed by atoms with van der Waals surface area (Å²) in [6.07, 6.45) is 6.19. The molecule has 0 bridgehead atoms. The number of carbonyl (C=O) groups is 1. The number of aromatic amines is 1. The van der Waals surface area contributed by atoms with Gasteiger partial charge in [-0.25, -0.2) is 0 Å². The van der Waals surface area contributed by atoms with Gasteiger partial charge in [0.15, 0.2) is 0 Å². The lowest BCUT2D eigenvalue weighted by molar-refractivity contribution is -0.122. The van der Waals surface area contributed by atoms with Crippen molar-refractivity contribution in [2.75, 3.05) is 0 Å². The Balaban J connectivity index is 1.73. The summed E-state index contributed by atoms with van der Waals surface area (Å²) in [4.78, 5) is 11.5. The predicted molar refractivity (Wildman–Crippen MR) is 57.1 cm³/mol. The second-order valence-electron chi connectivity index (χ2n) is 4.30. The van der Waals surface area contributed by atoms with Crippen LogP contribution < -0.4 is 5.32 Å². The van der Waals surface area contributed by atoms with Crippen LogP contribution in [-0.2, 0) is 11.3 Å². The van der Waals surface area contributed by atoms with Gasteiger partial charge in [0.25, 0.3) is 0 Å². The van der Waals surface area contributed by atoms with Gasteiger partial charge in [0, 0.05) is 24.2 Å². The average Bonchev–Trinajstić information content (AvgIpc) is 2.55. The molecule has 1 fully saturated rings. The highest BCUT2D eigenvalue weighted by molar-refractivity contribution is 5.76. The van der Waals surface area contributed by atoms with Crippen molar-refractivity contribution in [3.05, 3.63) is 17.5 Å². The van der Waals surface area contributed by atoms with Gasteiger partial charge in [0.05, 0.1) is 6.20 Å². The van der Waals surface area contributed by atoms with Crippen molar-refractivity contribution in [1.82, 2.24) is 15.5 Å². The highest BCUT2D eigenvalue weighted by Gasteiger charge is 2.20. The van der Waals surface area contributed by atoms with Crippen LogP contribution in [0, 0.1) is 12.8 Å². The maximum Gasteiger partial charge on any atom is 0.220 e. The minimum atomic E-state index is 0.167. The van der Waals surface area contributed by atoms with Crippen LogP contribution in [0.5, 0.6) is 0 Å². The summed E-state index contributed by atoms with van der Waals surface area (Å²) in [6, 6.07) is 0. The van der Waals surface area contributed by atoms with Crippen LogP contribution in [-0.4, -0.2) is 16.1 Å². The third-order valence-electron chi connectivity index (χ3n) is 3.11. The summed E-state index contributed by atoms with van der Waals surface area (Å²) in [5, 5.41) is 9.69. The Hall–Kier alpha value is -1.32. The average molecular weight is 207 g/mol. The first kappa shape index (κ1) is 10.2. The molecule has 0 unspecified atom stereocenters. The number of rotatable bonds is 4. The fraction of sp³-hybridized carbons (Fsp3) is 0.636. The number of aryl methyl sites for hydroxylation is 1. The van der Waals surface area contributed by atoms with Crippen molar-refractivity contribution >= 4 is 5.91 Å². The van der Waals surface area contributed by atoms with Gasteiger partial charge in [0.2, 0.25) is 5.91 Å². The van der Waals surface area contributed by atoms with Crippen molar-refractivity contribution in [2.24, 2.45) is 5.92 Å². The molecule has 0 saturated heterocycles. The van der Waals surface area contributed by atoms with E-state index in [1.807, 2.05) is 6.92 Å². The van der Waals surface area contributed by atoms with Crippen LogP contribution >= 0.6 is 0 Å². The Morgan fingerprint density at radius 2 is 2.47 bits per heavy atom. The first-order chi connectivity index (χ1) is 7.25. The quantitative estimate of drug-likeness (QED) is 0.786. The van der Waals surface area contributed by atoms with Crippen molar-refractivity contribution in [2.45, 2.75) is 39.2 Å². The summed E-state index contributed by atoms with van der Waals surface area (Å²) in [5.74, 6) is 0.802. The molecule has 15 heavy (non-hydrogen) atoms. The van der Waals surface area contributed by atoms with Crippen molar-refractivity contribution in [3.8, 4) is 0 Å². The van der Waals surface area contributed by atoms with Crippen LogP contribution in [0.3, 0.4) is 0 Å². The lowest BCUT2D eigenvalue weighted by atomic mass is 9.83. The smallest absolute Gasteiger partial charge is 0.220 e. The molecular formula is C11H17N3O. The number of carbonyl (C=O) groups excluding carboxylic acids is 1. The topological polar surface area (TPSA) is 57.8 Å². The van der Waals surface area contributed by atoms with Gasteiger partial charge in [0.1, 0.15) is 0 Å². The summed E-state index contributed by atoms with van der Waals surface area (Å²) >= 11 is 0. The summed E-state index contributed by atoms with van der Waals surface area (Å²) < 4.78 is 0. The summed E-state index contributed by atoms with van der Waals surface area (Å²) in [5.41, 5.74) is 2.09. The molecule has 4 heteroatoms. The number of nitrogens with one attached hydrogen (secondary N) is 2. The molecule has 0 atom stereocenters. The van der Waals surface area contributed by atoms with Crippen molar-refractivity contribution < 1.29 is 4.79 Å². The molecule has 1 heterocycles. The zero-order valence-corrected chi connectivity index (χ0v) is 9.05. The molecule has 1 aliphatic carbocycles. The monoisotopic (exact) mass is 207 g/mol. The zero-order chi connectivity index (χ0) is 10.7. The molecule has 2 rings (SSSR count). The minimum absolute atomic E-state index is 0.167. The number of amides is 1. The van der Waals surface area contributed by atoms with Gasteiger partial charge in [-0.15, -0.1) is 0 Å². The molecular weight excluding hydrogens is 190 g/mol. The van der Waals surface area contributed by atoms with Gasteiger partial charge in [-0.1, -0.05) is 6.42 Å². The molecule has 4 nitrogen and oxygen atoms in total. The van der Waals surface area contributed by atoms with Gasteiger partial charge in [-0.05, 0) is 25.7 Å². The van der Waals surface area contributed by atoms with Crippen molar-refractivity contribution in [1.29, 1.82) is 0 Å². The SMILES string of the molecule is Cc1[nH]ncc1CNC(=O)CC1CCC1. The minimum Gasteiger partial charge on any atom is -0.352 e. The number of hydrogen-bond donors (Lipinski definition) is 2. The first-order valence-corrected chi connectivity index (χ1v) is 5.51. The number of aromatic nitrogens is 2. The molecule has 0 radical (unpaired) electrons. The van der Waals surface area contributed by atoms with E-state index < -0.39 is 0 Å². The van der Waals surface area contributed by atoms with Gasteiger partial charge < -0.3 is 5.32 Å². The summed E-state index contributed by atoms with van der Waals surface area (Å²) in [6.45, 7) is 2.55. The normalized spacial score (nSPS) is 16.1. The Labute approximate surface area is 89.5 Å². The molecule has 0 aliphatic heterocycles. The second-order valence-corrected chi connectivity index (χ2v) is 4.30. The van der Waals surface area contributed by atoms with Crippen LogP contribution in [0.15, 0.2) is 6.20 Å². The zero-order valence-electron chi connectivity index (χ0n) is 9.05. The van der Waals surface area contributed by atoms with Gasteiger partial charge in [-0.3, -0.25) is 9.89 Å². The van der Waals surface area contributed by atoms with E-state index in [9.17, 15) is 4.79 Å². The summed E-state index contributed by atoms with van der Waals surface area (Å²) in [7, 11) is 0. The highest BCUT2D eigenvalue weighted by Crippen LogP contribution is 2.29. The lowest BCUT2D eigenvalue weighted by Gasteiger charge is -2.24. The van der Waals surface area contributed by atoms with E-state index in [2.05, 4.69) is 15.5 Å². The van der Waals surface area contributed by atoms with Crippen LogP contribution in [0.2, 0.25) is 0 Å². The maximum absolute atomic E-state index is 11.5. The fourth-order valence-electron chi connectivity index (χ4n) is 1.78. The van der Waals surface area contributed by atoms with E-state index in [0.717, 1.165) is 11.3 Å². The van der Waals surface area contributed by atoms with Gasteiger partial charge >= 0.3 is 0 Å². The molecule has 1 amide bonds. The highest BCUT2D eigenvalue weighted by atomic mass is 16.1. The fourth-order valence-corrected chi connectivity index (χ4v) is 1.78.